The van der Waals surface area contributed by atoms with Crippen LogP contribution in [0, 0.1) is 5.82 Å². The predicted molar refractivity (Wildman–Crippen MR) is 105 cm³/mol. The Bertz CT molecular complexity index is 815. The summed E-state index contributed by atoms with van der Waals surface area (Å²) in [6, 6.07) is 13.3. The van der Waals surface area contributed by atoms with Crippen LogP contribution in [-0.4, -0.2) is 18.0 Å². The molecule has 0 saturated heterocycles. The average Bonchev–Trinajstić information content (AvgIpc) is 2.67. The van der Waals surface area contributed by atoms with E-state index >= 15 is 0 Å². The second kappa shape index (κ2) is 9.67. The number of halogens is 1. The Morgan fingerprint density at radius 1 is 1.11 bits per heavy atom. The second-order valence-corrected chi connectivity index (χ2v) is 6.35. The molecule has 0 spiro atoms. The summed E-state index contributed by atoms with van der Waals surface area (Å²) in [5.41, 5.74) is 2.43. The number of hydrogen-bond donors (Lipinski definition) is 1. The quantitative estimate of drug-likeness (QED) is 0.556. The molecule has 0 radical (unpaired) electrons. The van der Waals surface area contributed by atoms with Crippen LogP contribution in [0.15, 0.2) is 54.6 Å². The van der Waals surface area contributed by atoms with Crippen molar-refractivity contribution in [3.05, 3.63) is 71.6 Å². The fourth-order valence-electron chi connectivity index (χ4n) is 2.50. The molecule has 142 valence electrons. The molecule has 4 nitrogen and oxygen atoms in total. The lowest BCUT2D eigenvalue weighted by Crippen LogP contribution is -2.29. The lowest BCUT2D eigenvalue weighted by molar-refractivity contribution is -0.148. The number of nitrogens with one attached hydrogen (secondary N) is 1. The van der Waals surface area contributed by atoms with Gasteiger partial charge < -0.3 is 10.1 Å². The van der Waals surface area contributed by atoms with Crippen LogP contribution in [0.3, 0.4) is 0 Å². The fraction of sp³-hybridized carbons (Fsp3) is 0.273. The number of rotatable bonds is 7. The minimum absolute atomic E-state index is 0.304. The maximum Gasteiger partial charge on any atom is 0.331 e. The Kier molecular flexibility index (Phi) is 7.29. The summed E-state index contributed by atoms with van der Waals surface area (Å²) in [5, 5.41) is 2.83. The zero-order valence-corrected chi connectivity index (χ0v) is 15.7. The molecule has 0 aliphatic rings. The van der Waals surface area contributed by atoms with Gasteiger partial charge >= 0.3 is 5.97 Å². The molecule has 0 aromatic heterocycles. The van der Waals surface area contributed by atoms with Gasteiger partial charge in [-0.2, -0.15) is 0 Å². The van der Waals surface area contributed by atoms with Gasteiger partial charge in [0.2, 0.25) is 0 Å². The van der Waals surface area contributed by atoms with Crippen LogP contribution in [0.5, 0.6) is 0 Å². The summed E-state index contributed by atoms with van der Waals surface area (Å²) in [6.45, 7) is 5.70. The molecule has 27 heavy (non-hydrogen) atoms. The first-order valence-electron chi connectivity index (χ1n) is 8.94. The Hall–Kier alpha value is -2.95. The number of carbonyl (C=O) groups is 2. The van der Waals surface area contributed by atoms with Crippen molar-refractivity contribution in [2.24, 2.45) is 0 Å². The summed E-state index contributed by atoms with van der Waals surface area (Å²) >= 11 is 0. The Morgan fingerprint density at radius 2 is 1.78 bits per heavy atom. The van der Waals surface area contributed by atoms with Gasteiger partial charge in [-0.05, 0) is 54.7 Å². The van der Waals surface area contributed by atoms with E-state index in [-0.39, 0.29) is 5.82 Å². The third-order valence-corrected chi connectivity index (χ3v) is 4.31. The molecular weight excluding hydrogens is 345 g/mol. The number of hydrogen-bond acceptors (Lipinski definition) is 3. The summed E-state index contributed by atoms with van der Waals surface area (Å²) in [6.07, 6.45) is 2.72. The summed E-state index contributed by atoms with van der Waals surface area (Å²) in [7, 11) is 0. The standard InChI is InChI=1S/C22H24FNO3/c1-4-15(2)19-7-5-6-8-20(19)24-22(26)16(3)27-21(25)14-11-17-9-12-18(23)13-10-17/h5-16H,4H2,1-3H3,(H,24,26)/b14-11+. The number of benzene rings is 2. The monoisotopic (exact) mass is 369 g/mol. The minimum atomic E-state index is -0.944. The molecule has 0 aliphatic carbocycles. The van der Waals surface area contributed by atoms with Crippen molar-refractivity contribution >= 4 is 23.6 Å². The number of para-hydroxylation sites is 1. The van der Waals surface area contributed by atoms with Crippen LogP contribution in [0.1, 0.15) is 44.2 Å². The van der Waals surface area contributed by atoms with Gasteiger partial charge in [-0.25, -0.2) is 9.18 Å². The highest BCUT2D eigenvalue weighted by atomic mass is 19.1. The zero-order chi connectivity index (χ0) is 19.8. The van der Waals surface area contributed by atoms with Crippen molar-refractivity contribution in [3.63, 3.8) is 0 Å². The molecular formula is C22H24FNO3. The van der Waals surface area contributed by atoms with Gasteiger partial charge in [0.25, 0.3) is 5.91 Å². The molecule has 2 unspecified atom stereocenters. The highest BCUT2D eigenvalue weighted by Crippen LogP contribution is 2.26. The largest absolute Gasteiger partial charge is 0.449 e. The number of esters is 1. The van der Waals surface area contributed by atoms with Gasteiger partial charge in [-0.1, -0.05) is 44.2 Å². The topological polar surface area (TPSA) is 55.4 Å². The average molecular weight is 369 g/mol. The van der Waals surface area contributed by atoms with Gasteiger partial charge in [0, 0.05) is 11.8 Å². The number of amides is 1. The van der Waals surface area contributed by atoms with E-state index in [1.165, 1.54) is 31.2 Å². The first-order chi connectivity index (χ1) is 12.9. The molecule has 1 N–H and O–H groups in total. The van der Waals surface area contributed by atoms with Gasteiger partial charge in [0.15, 0.2) is 6.10 Å². The predicted octanol–water partition coefficient (Wildman–Crippen LogP) is 4.92. The fourth-order valence-corrected chi connectivity index (χ4v) is 2.50. The molecule has 2 rings (SSSR count). The van der Waals surface area contributed by atoms with Crippen LogP contribution in [0.2, 0.25) is 0 Å². The molecule has 2 atom stereocenters. The number of carbonyl (C=O) groups excluding carboxylic acids is 2. The summed E-state index contributed by atoms with van der Waals surface area (Å²) < 4.78 is 18.0. The van der Waals surface area contributed by atoms with E-state index in [2.05, 4.69) is 19.2 Å². The Balaban J connectivity index is 1.95. The van der Waals surface area contributed by atoms with Crippen LogP contribution >= 0.6 is 0 Å². The van der Waals surface area contributed by atoms with Crippen molar-refractivity contribution < 1.29 is 18.7 Å². The Labute approximate surface area is 159 Å². The molecule has 0 saturated carbocycles. The normalized spacial score (nSPS) is 13.2. The third kappa shape index (κ3) is 6.06. The maximum atomic E-state index is 12.9. The SMILES string of the molecule is CCC(C)c1ccccc1NC(=O)C(C)OC(=O)/C=C/c1ccc(F)cc1. The van der Waals surface area contributed by atoms with Crippen molar-refractivity contribution in [2.75, 3.05) is 5.32 Å². The zero-order valence-electron chi connectivity index (χ0n) is 15.7. The summed E-state index contributed by atoms with van der Waals surface area (Å²) in [4.78, 5) is 24.3. The molecule has 5 heteroatoms. The van der Waals surface area contributed by atoms with Gasteiger partial charge in [-0.3, -0.25) is 4.79 Å². The molecule has 2 aromatic carbocycles. The molecule has 2 aromatic rings. The Morgan fingerprint density at radius 3 is 2.44 bits per heavy atom. The smallest absolute Gasteiger partial charge is 0.331 e. The van der Waals surface area contributed by atoms with Gasteiger partial charge in [0.05, 0.1) is 0 Å². The minimum Gasteiger partial charge on any atom is -0.449 e. The number of anilines is 1. The van der Waals surface area contributed by atoms with Crippen molar-refractivity contribution in [3.8, 4) is 0 Å². The second-order valence-electron chi connectivity index (χ2n) is 6.35. The number of ether oxygens (including phenoxy) is 1. The van der Waals surface area contributed by atoms with Crippen LogP contribution in [0.4, 0.5) is 10.1 Å². The van der Waals surface area contributed by atoms with Crippen molar-refractivity contribution in [1.29, 1.82) is 0 Å². The van der Waals surface area contributed by atoms with Gasteiger partial charge in [-0.15, -0.1) is 0 Å². The van der Waals surface area contributed by atoms with E-state index in [0.29, 0.717) is 11.5 Å². The maximum absolute atomic E-state index is 12.9. The van der Waals surface area contributed by atoms with E-state index in [0.717, 1.165) is 17.7 Å². The van der Waals surface area contributed by atoms with E-state index in [9.17, 15) is 14.0 Å². The van der Waals surface area contributed by atoms with Gasteiger partial charge in [0.1, 0.15) is 5.82 Å². The molecule has 0 fully saturated rings. The van der Waals surface area contributed by atoms with E-state index in [1.807, 2.05) is 24.3 Å². The molecule has 0 aliphatic heterocycles. The highest BCUT2D eigenvalue weighted by Gasteiger charge is 2.18. The molecule has 0 heterocycles. The van der Waals surface area contributed by atoms with Crippen molar-refractivity contribution in [1.82, 2.24) is 0 Å². The third-order valence-electron chi connectivity index (χ3n) is 4.31. The van der Waals surface area contributed by atoms with Crippen LogP contribution in [0.25, 0.3) is 6.08 Å². The first-order valence-corrected chi connectivity index (χ1v) is 8.94. The van der Waals surface area contributed by atoms with Crippen molar-refractivity contribution in [2.45, 2.75) is 39.2 Å². The van der Waals surface area contributed by atoms with E-state index in [4.69, 9.17) is 4.74 Å². The summed E-state index contributed by atoms with van der Waals surface area (Å²) in [5.74, 6) is -1.08. The van der Waals surface area contributed by atoms with E-state index < -0.39 is 18.0 Å². The van der Waals surface area contributed by atoms with E-state index in [1.54, 1.807) is 12.1 Å². The van der Waals surface area contributed by atoms with Crippen LogP contribution < -0.4 is 5.32 Å². The molecule has 1 amide bonds. The van der Waals surface area contributed by atoms with Crippen LogP contribution in [-0.2, 0) is 14.3 Å². The highest BCUT2D eigenvalue weighted by molar-refractivity contribution is 5.97. The first kappa shape index (κ1) is 20.4. The molecule has 0 bridgehead atoms. The lowest BCUT2D eigenvalue weighted by atomic mass is 9.97. The lowest BCUT2D eigenvalue weighted by Gasteiger charge is -2.17.